The highest BCUT2D eigenvalue weighted by Crippen LogP contribution is 2.33. The number of rotatable bonds is 13. The molecule has 1 aromatic rings. The van der Waals surface area contributed by atoms with E-state index in [1.165, 1.54) is 32.1 Å². The summed E-state index contributed by atoms with van der Waals surface area (Å²) in [6.07, 6.45) is 10.00. The van der Waals surface area contributed by atoms with Crippen molar-refractivity contribution >= 4 is 5.84 Å². The zero-order chi connectivity index (χ0) is 24.9. The number of benzene rings is 1. The summed E-state index contributed by atoms with van der Waals surface area (Å²) in [5.41, 5.74) is 7.26. The first-order valence-corrected chi connectivity index (χ1v) is 13.4. The van der Waals surface area contributed by atoms with E-state index >= 15 is 0 Å². The van der Waals surface area contributed by atoms with E-state index in [2.05, 4.69) is 17.0 Å². The fraction of sp³-hybridized carbons (Fsp3) is 0.741. The van der Waals surface area contributed by atoms with Crippen LogP contribution in [0.2, 0.25) is 0 Å². The number of piperidine rings is 1. The second-order valence-corrected chi connectivity index (χ2v) is 10.1. The van der Waals surface area contributed by atoms with Gasteiger partial charge in [0.05, 0.1) is 12.1 Å². The Kier molecular flexibility index (Phi) is 11.9. The molecule has 0 amide bonds. The lowest BCUT2D eigenvalue weighted by molar-refractivity contribution is -0.464. The van der Waals surface area contributed by atoms with Crippen LogP contribution in [0, 0.1) is 22.0 Å². The van der Waals surface area contributed by atoms with Crippen molar-refractivity contribution in [3.05, 3.63) is 46.0 Å². The number of amidine groups is 1. The molecule has 1 aliphatic carbocycles. The Balaban J connectivity index is 1.74. The second kappa shape index (κ2) is 15.2. The van der Waals surface area contributed by atoms with Crippen LogP contribution in [0.25, 0.3) is 0 Å². The van der Waals surface area contributed by atoms with Crippen molar-refractivity contribution in [2.45, 2.75) is 69.9 Å². The average Bonchev–Trinajstić information content (AvgIpc) is 2.89. The predicted molar refractivity (Wildman–Crippen MR) is 139 cm³/mol. The first-order chi connectivity index (χ1) is 17.1. The van der Waals surface area contributed by atoms with Gasteiger partial charge >= 0.3 is 0 Å². The SMILES string of the molecule is COCCCO[C@@H](c1ccccc1)C1CCCN(C(C[N+](=O)[O-])=N[C@H](CN)CC2CCCCC2)C1. The van der Waals surface area contributed by atoms with Gasteiger partial charge < -0.3 is 20.1 Å². The van der Waals surface area contributed by atoms with E-state index in [1.807, 2.05) is 18.2 Å². The summed E-state index contributed by atoms with van der Waals surface area (Å²) in [6.45, 7) is 2.96. The molecule has 8 nitrogen and oxygen atoms in total. The minimum Gasteiger partial charge on any atom is -0.385 e. The molecule has 1 saturated carbocycles. The Morgan fingerprint density at radius 1 is 1.17 bits per heavy atom. The summed E-state index contributed by atoms with van der Waals surface area (Å²) in [4.78, 5) is 18.4. The molecule has 1 heterocycles. The van der Waals surface area contributed by atoms with Crippen LogP contribution in [0.3, 0.4) is 0 Å². The molecule has 1 aromatic carbocycles. The van der Waals surface area contributed by atoms with Gasteiger partial charge in [-0.15, -0.1) is 0 Å². The molecule has 3 atom stereocenters. The van der Waals surface area contributed by atoms with Crippen molar-refractivity contribution < 1.29 is 14.4 Å². The fourth-order valence-corrected chi connectivity index (χ4v) is 5.61. The van der Waals surface area contributed by atoms with Crippen molar-refractivity contribution in [2.75, 3.05) is 46.5 Å². The summed E-state index contributed by atoms with van der Waals surface area (Å²) >= 11 is 0. The van der Waals surface area contributed by atoms with Gasteiger partial charge in [-0.05, 0) is 37.2 Å². The van der Waals surface area contributed by atoms with Gasteiger partial charge in [-0.25, -0.2) is 0 Å². The van der Waals surface area contributed by atoms with E-state index in [4.69, 9.17) is 20.2 Å². The van der Waals surface area contributed by atoms with Gasteiger partial charge in [0.1, 0.15) is 0 Å². The summed E-state index contributed by atoms with van der Waals surface area (Å²) in [5, 5.41) is 11.6. The van der Waals surface area contributed by atoms with Gasteiger partial charge in [0, 0.05) is 50.8 Å². The molecule has 1 unspecified atom stereocenters. The van der Waals surface area contributed by atoms with Gasteiger partial charge in [0.2, 0.25) is 0 Å². The van der Waals surface area contributed by atoms with E-state index < -0.39 is 0 Å². The van der Waals surface area contributed by atoms with Crippen molar-refractivity contribution in [3.63, 3.8) is 0 Å². The van der Waals surface area contributed by atoms with E-state index in [0.717, 1.165) is 37.8 Å². The third kappa shape index (κ3) is 9.17. The number of methoxy groups -OCH3 is 1. The second-order valence-electron chi connectivity index (χ2n) is 10.1. The van der Waals surface area contributed by atoms with Crippen molar-refractivity contribution in [1.29, 1.82) is 0 Å². The van der Waals surface area contributed by atoms with Crippen LogP contribution in [-0.4, -0.2) is 68.2 Å². The van der Waals surface area contributed by atoms with Crippen molar-refractivity contribution in [3.8, 4) is 0 Å². The highest BCUT2D eigenvalue weighted by Gasteiger charge is 2.32. The summed E-state index contributed by atoms with van der Waals surface area (Å²) in [7, 11) is 1.70. The Morgan fingerprint density at radius 2 is 1.94 bits per heavy atom. The predicted octanol–water partition coefficient (Wildman–Crippen LogP) is 4.47. The van der Waals surface area contributed by atoms with Gasteiger partial charge in [0.15, 0.2) is 5.84 Å². The minimum absolute atomic E-state index is 0.0522. The maximum absolute atomic E-state index is 11.6. The van der Waals surface area contributed by atoms with Crippen LogP contribution in [0.4, 0.5) is 0 Å². The van der Waals surface area contributed by atoms with Crippen molar-refractivity contribution in [2.24, 2.45) is 22.6 Å². The van der Waals surface area contributed by atoms with Crippen molar-refractivity contribution in [1.82, 2.24) is 4.90 Å². The van der Waals surface area contributed by atoms with E-state index in [9.17, 15) is 10.1 Å². The number of hydrogen-bond acceptors (Lipinski definition) is 6. The first kappa shape index (κ1) is 27.6. The zero-order valence-electron chi connectivity index (χ0n) is 21.4. The van der Waals surface area contributed by atoms with Gasteiger partial charge in [-0.3, -0.25) is 15.1 Å². The Bertz CT molecular complexity index is 770. The molecule has 1 saturated heterocycles. The van der Waals surface area contributed by atoms with Crippen LogP contribution in [0.1, 0.15) is 69.5 Å². The molecule has 2 N–H and O–H groups in total. The molecule has 35 heavy (non-hydrogen) atoms. The van der Waals surface area contributed by atoms with Crippen LogP contribution < -0.4 is 5.73 Å². The Labute approximate surface area is 210 Å². The van der Waals surface area contributed by atoms with Gasteiger partial charge in [-0.1, -0.05) is 62.4 Å². The Morgan fingerprint density at radius 3 is 2.63 bits per heavy atom. The molecule has 196 valence electrons. The van der Waals surface area contributed by atoms with Gasteiger partial charge in [0.25, 0.3) is 6.54 Å². The average molecular weight is 489 g/mol. The molecular weight excluding hydrogens is 444 g/mol. The largest absolute Gasteiger partial charge is 0.385 e. The number of nitrogens with zero attached hydrogens (tertiary/aromatic N) is 3. The highest BCUT2D eigenvalue weighted by molar-refractivity contribution is 5.83. The van der Waals surface area contributed by atoms with Crippen LogP contribution in [0.15, 0.2) is 35.3 Å². The normalized spacial score (nSPS) is 21.6. The van der Waals surface area contributed by atoms with E-state index in [-0.39, 0.29) is 29.5 Å². The van der Waals surface area contributed by atoms with E-state index in [1.54, 1.807) is 7.11 Å². The molecule has 3 rings (SSSR count). The molecule has 0 radical (unpaired) electrons. The third-order valence-corrected chi connectivity index (χ3v) is 7.37. The number of aliphatic imine (C=N–C) groups is 1. The van der Waals surface area contributed by atoms with Gasteiger partial charge in [-0.2, -0.15) is 0 Å². The summed E-state index contributed by atoms with van der Waals surface area (Å²) < 4.78 is 11.6. The van der Waals surface area contributed by atoms with E-state index in [0.29, 0.717) is 38.1 Å². The minimum atomic E-state index is -0.257. The van der Waals surface area contributed by atoms with Crippen LogP contribution >= 0.6 is 0 Å². The fourth-order valence-electron chi connectivity index (χ4n) is 5.61. The number of nitrogens with two attached hydrogens (primary N) is 1. The zero-order valence-corrected chi connectivity index (χ0v) is 21.4. The maximum atomic E-state index is 11.6. The standard InChI is InChI=1S/C27H44N4O4/c1-34-16-9-17-35-27(23-12-6-3-7-13-23)24-14-8-15-30(20-24)26(21-31(32)33)29-25(19-28)18-22-10-4-2-5-11-22/h3,6-7,12-13,22,24-25,27H,2,4-5,8-11,14-21,28H2,1H3/t24?,25-,27-/m0/s1. The third-order valence-electron chi connectivity index (χ3n) is 7.37. The number of ether oxygens (including phenoxy) is 2. The van der Waals surface area contributed by atoms with Crippen LogP contribution in [0.5, 0.6) is 0 Å². The lowest BCUT2D eigenvalue weighted by atomic mass is 9.85. The highest BCUT2D eigenvalue weighted by atomic mass is 16.6. The quantitative estimate of drug-likeness (QED) is 0.144. The molecule has 0 spiro atoms. The molecule has 0 bridgehead atoms. The molecular formula is C27H44N4O4. The summed E-state index contributed by atoms with van der Waals surface area (Å²) in [6, 6.07) is 10.3. The molecule has 8 heteroatoms. The molecule has 2 fully saturated rings. The number of nitro groups is 1. The molecule has 2 aliphatic rings. The smallest absolute Gasteiger partial charge is 0.260 e. The summed E-state index contributed by atoms with van der Waals surface area (Å²) in [5.74, 6) is 1.45. The lowest BCUT2D eigenvalue weighted by Crippen LogP contribution is -2.45. The first-order valence-electron chi connectivity index (χ1n) is 13.4. The van der Waals surface area contributed by atoms with Crippen LogP contribution in [-0.2, 0) is 9.47 Å². The topological polar surface area (TPSA) is 103 Å². The Hall–Kier alpha value is -2.03. The monoisotopic (exact) mass is 488 g/mol. The number of hydrogen-bond donors (Lipinski definition) is 1. The maximum Gasteiger partial charge on any atom is 0.260 e. The molecule has 1 aliphatic heterocycles. The molecule has 0 aromatic heterocycles. The lowest BCUT2D eigenvalue weighted by Gasteiger charge is -2.38. The number of likely N-dealkylation sites (tertiary alicyclic amines) is 1.